The molecule has 2 saturated heterocycles. The number of rotatable bonds is 12. The van der Waals surface area contributed by atoms with Gasteiger partial charge in [0.1, 0.15) is 30.2 Å². The summed E-state index contributed by atoms with van der Waals surface area (Å²) in [6.45, 7) is 0.689. The minimum absolute atomic E-state index is 0.0916. The summed E-state index contributed by atoms with van der Waals surface area (Å²) in [7, 11) is 0. The first-order chi connectivity index (χ1) is 32.5. The van der Waals surface area contributed by atoms with Crippen molar-refractivity contribution in [1.29, 1.82) is 0 Å². The van der Waals surface area contributed by atoms with E-state index in [0.717, 1.165) is 54.1 Å². The molecule has 370 valence electrons. The van der Waals surface area contributed by atoms with E-state index in [1.54, 1.807) is 6.20 Å². The van der Waals surface area contributed by atoms with Crippen LogP contribution >= 0.6 is 0 Å². The Hall–Kier alpha value is -6.67. The minimum Gasteiger partial charge on any atom is -0.475 e. The number of alkyl halides is 3. The molecule has 6 rings (SSSR count). The van der Waals surface area contributed by atoms with Crippen molar-refractivity contribution in [3.05, 3.63) is 71.9 Å². The monoisotopic (exact) mass is 952 g/mol. The van der Waals surface area contributed by atoms with Crippen LogP contribution in [-0.4, -0.2) is 118 Å². The Morgan fingerprint density at radius 2 is 1.46 bits per heavy atom. The van der Waals surface area contributed by atoms with Crippen molar-refractivity contribution in [3.63, 3.8) is 0 Å². The highest BCUT2D eigenvalue weighted by atomic mass is 19.4. The lowest BCUT2D eigenvalue weighted by atomic mass is 9.84. The molecular weight excluding hydrogens is 890 g/mol. The summed E-state index contributed by atoms with van der Waals surface area (Å²) >= 11 is 0. The highest BCUT2D eigenvalue weighted by molar-refractivity contribution is 5.97. The Labute approximate surface area is 392 Å². The van der Waals surface area contributed by atoms with Gasteiger partial charge >= 0.3 is 12.1 Å². The molecule has 2 aliphatic heterocycles. The van der Waals surface area contributed by atoms with Crippen LogP contribution < -0.4 is 38.1 Å². The van der Waals surface area contributed by atoms with E-state index in [-0.39, 0.29) is 62.5 Å². The molecule has 3 aromatic rings. The summed E-state index contributed by atoms with van der Waals surface area (Å²) in [5.74, 6) is -5.32. The van der Waals surface area contributed by atoms with E-state index in [0.29, 0.717) is 45.1 Å². The molecule has 21 heteroatoms. The fourth-order valence-corrected chi connectivity index (χ4v) is 8.87. The van der Waals surface area contributed by atoms with Crippen LogP contribution in [0.2, 0.25) is 0 Å². The molecule has 5 atom stereocenters. The number of hydrogen-bond donors (Lipinski definition) is 9. The number of aliphatic imine (C=N–C) groups is 1. The number of halogens is 3. The number of carbonyl (C=O) groups excluding carboxylic acids is 6. The second-order valence-electron chi connectivity index (χ2n) is 17.5. The number of guanidine groups is 1. The summed E-state index contributed by atoms with van der Waals surface area (Å²) in [4.78, 5) is 102. The van der Waals surface area contributed by atoms with Crippen molar-refractivity contribution in [2.75, 3.05) is 19.6 Å². The Balaban J connectivity index is 0.00000114. The van der Waals surface area contributed by atoms with Crippen LogP contribution in [-0.2, 0) is 46.4 Å². The summed E-state index contributed by atoms with van der Waals surface area (Å²) < 4.78 is 31.7. The van der Waals surface area contributed by atoms with Gasteiger partial charge in [0.2, 0.25) is 35.4 Å². The molecule has 18 nitrogen and oxygen atoms in total. The van der Waals surface area contributed by atoms with E-state index in [9.17, 15) is 41.9 Å². The number of fused-ring (bicyclic) bond motifs is 2. The third kappa shape index (κ3) is 16.0. The second kappa shape index (κ2) is 25.5. The van der Waals surface area contributed by atoms with Crippen molar-refractivity contribution >= 4 is 58.3 Å². The highest BCUT2D eigenvalue weighted by Gasteiger charge is 2.40. The molecule has 3 aliphatic rings. The van der Waals surface area contributed by atoms with Gasteiger partial charge in [0, 0.05) is 49.6 Å². The van der Waals surface area contributed by atoms with Gasteiger partial charge in [-0.3, -0.25) is 33.8 Å². The summed E-state index contributed by atoms with van der Waals surface area (Å²) in [6.07, 6.45) is 4.88. The number of benzene rings is 2. The van der Waals surface area contributed by atoms with Crippen molar-refractivity contribution in [1.82, 2.24) is 36.5 Å². The normalized spacial score (nSPS) is 22.5. The van der Waals surface area contributed by atoms with Crippen molar-refractivity contribution in [3.8, 4) is 0 Å². The summed E-state index contributed by atoms with van der Waals surface area (Å²) in [5.41, 5.74) is 13.7. The molecule has 0 unspecified atom stereocenters. The van der Waals surface area contributed by atoms with Crippen LogP contribution in [0, 0.1) is 5.92 Å². The molecule has 0 radical (unpaired) electrons. The molecule has 11 N–H and O–H groups in total. The smallest absolute Gasteiger partial charge is 0.475 e. The molecule has 0 spiro atoms. The largest absolute Gasteiger partial charge is 0.490 e. The third-order valence-corrected chi connectivity index (χ3v) is 12.4. The van der Waals surface area contributed by atoms with Crippen LogP contribution in [0.15, 0.2) is 65.8 Å². The Kier molecular flexibility index (Phi) is 19.6. The van der Waals surface area contributed by atoms with Gasteiger partial charge in [0.25, 0.3) is 0 Å². The molecule has 6 amide bonds. The fraction of sp³-hybridized carbons (Fsp3) is 0.532. The lowest BCUT2D eigenvalue weighted by Crippen LogP contribution is -2.59. The van der Waals surface area contributed by atoms with Gasteiger partial charge in [-0.2, -0.15) is 13.2 Å². The number of aromatic amines is 1. The summed E-state index contributed by atoms with van der Waals surface area (Å²) in [5, 5.41) is 22.8. The van der Waals surface area contributed by atoms with E-state index >= 15 is 0 Å². The van der Waals surface area contributed by atoms with Gasteiger partial charge < -0.3 is 53.0 Å². The van der Waals surface area contributed by atoms with Gasteiger partial charge in [-0.15, -0.1) is 0 Å². The zero-order valence-corrected chi connectivity index (χ0v) is 38.0. The number of aryl methyl sites for hydroxylation is 1. The standard InChI is InChI=1S/C45H62N10O6.C2HF3O2/c46-45(47)49-24-9-18-34-40(57)48-23-10-19-35(51-39(56)22-21-29-12-3-1-4-13-29)44(61)55-25-11-20-38(55)43(60)54-36(26-30-14-5-2-6-15-30)41(58)53-37(42(59)52-34)27-31-28-50-33-17-8-7-16-32(31)33;3-2(4,5)1(6)7/h1,3-4,7-8,12-13,16-17,28,30,34-38,50H,2,5-6,9-11,14-15,18-27H2,(H,48,57)(H,51,56)(H,52,59)(H,53,58)(H,54,60)(H4,46,47,49);(H,6,7)/t34-,35-,36+,37-,38-;/m0./s1. The van der Waals surface area contributed by atoms with Gasteiger partial charge in [-0.25, -0.2) is 4.79 Å². The van der Waals surface area contributed by atoms with Gasteiger partial charge in [-0.1, -0.05) is 80.6 Å². The summed E-state index contributed by atoms with van der Waals surface area (Å²) in [6, 6.07) is 12.3. The number of aliphatic carboxylic acids is 1. The fourth-order valence-electron chi connectivity index (χ4n) is 8.87. The Morgan fingerprint density at radius 1 is 0.794 bits per heavy atom. The average molecular weight is 953 g/mol. The minimum atomic E-state index is -5.08. The van der Waals surface area contributed by atoms with Crippen molar-refractivity contribution in [2.24, 2.45) is 22.4 Å². The number of carboxylic acids is 1. The number of nitrogens with one attached hydrogen (secondary N) is 6. The predicted molar refractivity (Wildman–Crippen MR) is 246 cm³/mol. The van der Waals surface area contributed by atoms with Crippen molar-refractivity contribution < 1.29 is 51.8 Å². The maximum atomic E-state index is 14.5. The highest BCUT2D eigenvalue weighted by Crippen LogP contribution is 2.28. The number of para-hydroxylation sites is 1. The number of nitrogens with two attached hydrogens (primary N) is 2. The first-order valence-corrected chi connectivity index (χ1v) is 23.2. The predicted octanol–water partition coefficient (Wildman–Crippen LogP) is 2.84. The van der Waals surface area contributed by atoms with E-state index in [1.165, 1.54) is 4.90 Å². The number of carbonyl (C=O) groups is 7. The van der Waals surface area contributed by atoms with Gasteiger partial charge in [-0.05, 0) is 74.5 Å². The lowest BCUT2D eigenvalue weighted by Gasteiger charge is -2.32. The molecule has 2 aromatic carbocycles. The number of hydrogen-bond acceptors (Lipinski definition) is 8. The Bertz CT molecular complexity index is 2230. The van der Waals surface area contributed by atoms with E-state index < -0.39 is 66.0 Å². The molecule has 3 heterocycles. The SMILES string of the molecule is NC(N)=NCCC[C@@H]1NC(=O)[C@H](Cc2c[nH]c3ccccc23)NC(=O)[C@@H](CC2CCCCC2)NC(=O)[C@@H]2CCCN2C(=O)[C@@H](NC(=O)CCc2ccccc2)CCCNC1=O.O=C(O)C(F)(F)F. The van der Waals surface area contributed by atoms with E-state index in [2.05, 4.69) is 36.6 Å². The zero-order valence-electron chi connectivity index (χ0n) is 38.0. The zero-order chi connectivity index (χ0) is 49.2. The molecule has 1 aliphatic carbocycles. The molecule has 1 saturated carbocycles. The maximum absolute atomic E-state index is 14.5. The average Bonchev–Trinajstić information content (AvgIpc) is 3.98. The maximum Gasteiger partial charge on any atom is 0.490 e. The first-order valence-electron chi connectivity index (χ1n) is 23.2. The van der Waals surface area contributed by atoms with E-state index in [4.69, 9.17) is 21.4 Å². The van der Waals surface area contributed by atoms with Crippen LogP contribution in [0.25, 0.3) is 10.9 Å². The number of nitrogens with zero attached hydrogens (tertiary/aromatic N) is 2. The van der Waals surface area contributed by atoms with E-state index in [1.807, 2.05) is 54.6 Å². The number of aromatic nitrogens is 1. The molecule has 3 fully saturated rings. The number of H-pyrrole nitrogens is 1. The molecule has 68 heavy (non-hydrogen) atoms. The third-order valence-electron chi connectivity index (χ3n) is 12.4. The quantitative estimate of drug-likeness (QED) is 0.0727. The topological polar surface area (TPSA) is 283 Å². The molecular formula is C47H63F3N10O8. The van der Waals surface area contributed by atoms with Gasteiger partial charge in [0.15, 0.2) is 5.96 Å². The molecule has 1 aromatic heterocycles. The van der Waals surface area contributed by atoms with Crippen LogP contribution in [0.4, 0.5) is 13.2 Å². The Morgan fingerprint density at radius 3 is 2.16 bits per heavy atom. The van der Waals surface area contributed by atoms with Crippen molar-refractivity contribution in [2.45, 2.75) is 133 Å². The second-order valence-corrected chi connectivity index (χ2v) is 17.5. The van der Waals surface area contributed by atoms with Crippen LogP contribution in [0.5, 0.6) is 0 Å². The molecule has 0 bridgehead atoms. The number of carboxylic acid groups (broad SMARTS) is 1. The number of amides is 6. The van der Waals surface area contributed by atoms with Crippen LogP contribution in [0.3, 0.4) is 0 Å². The van der Waals surface area contributed by atoms with Gasteiger partial charge in [0.05, 0.1) is 0 Å². The first kappa shape index (κ1) is 52.3. The lowest BCUT2D eigenvalue weighted by molar-refractivity contribution is -0.192. The van der Waals surface area contributed by atoms with Crippen LogP contribution in [0.1, 0.15) is 94.6 Å².